The van der Waals surface area contributed by atoms with E-state index in [9.17, 15) is 4.79 Å². The number of ketones is 1. The maximum absolute atomic E-state index is 11.8. The van der Waals surface area contributed by atoms with E-state index in [4.69, 9.17) is 23.2 Å². The third-order valence-electron chi connectivity index (χ3n) is 2.12. The molecular weight excluding hydrogens is 259 g/mol. The Balaban J connectivity index is 2.17. The molecule has 0 radical (unpaired) electrons. The number of hydrogen-bond donors (Lipinski definition) is 1. The second kappa shape index (κ2) is 5.17. The zero-order valence-corrected chi connectivity index (χ0v) is 10.2. The first-order valence-electron chi connectivity index (χ1n) is 4.83. The molecule has 0 unspecified atom stereocenters. The Hall–Kier alpha value is -1.58. The number of carbonyl (C=O) groups is 1. The first-order valence-corrected chi connectivity index (χ1v) is 5.59. The van der Waals surface area contributed by atoms with Gasteiger partial charge in [0.15, 0.2) is 5.78 Å². The third kappa shape index (κ3) is 2.96. The molecule has 17 heavy (non-hydrogen) atoms. The van der Waals surface area contributed by atoms with Crippen LogP contribution >= 0.6 is 23.2 Å². The molecule has 0 aliphatic rings. The third-order valence-corrected chi connectivity index (χ3v) is 2.86. The molecule has 0 atom stereocenters. The Labute approximate surface area is 108 Å². The van der Waals surface area contributed by atoms with Crippen molar-refractivity contribution in [2.45, 2.75) is 0 Å². The SMILES string of the molecule is O=C(/C=C/c1ncc[nH]1)c1ccc(Cl)c(Cl)c1. The summed E-state index contributed by atoms with van der Waals surface area (Å²) in [6.07, 6.45) is 6.33. The van der Waals surface area contributed by atoms with Crippen molar-refractivity contribution >= 4 is 35.1 Å². The van der Waals surface area contributed by atoms with Crippen LogP contribution in [0.3, 0.4) is 0 Å². The molecule has 5 heteroatoms. The zero-order chi connectivity index (χ0) is 12.3. The molecule has 1 heterocycles. The highest BCUT2D eigenvalue weighted by molar-refractivity contribution is 6.42. The zero-order valence-electron chi connectivity index (χ0n) is 8.65. The van der Waals surface area contributed by atoms with E-state index in [1.165, 1.54) is 6.08 Å². The first-order chi connectivity index (χ1) is 8.16. The van der Waals surface area contributed by atoms with E-state index >= 15 is 0 Å². The average molecular weight is 267 g/mol. The van der Waals surface area contributed by atoms with Crippen LogP contribution < -0.4 is 0 Å². The van der Waals surface area contributed by atoms with Crippen LogP contribution in [0.1, 0.15) is 16.2 Å². The predicted molar refractivity (Wildman–Crippen MR) is 68.4 cm³/mol. The first kappa shape index (κ1) is 11.9. The molecule has 0 saturated carbocycles. The van der Waals surface area contributed by atoms with Gasteiger partial charge in [-0.05, 0) is 30.4 Å². The van der Waals surface area contributed by atoms with Gasteiger partial charge in [-0.2, -0.15) is 0 Å². The van der Waals surface area contributed by atoms with E-state index in [2.05, 4.69) is 9.97 Å². The average Bonchev–Trinajstić information content (AvgIpc) is 2.82. The molecule has 0 saturated heterocycles. The second-order valence-corrected chi connectivity index (χ2v) is 4.12. The Kier molecular flexibility index (Phi) is 3.61. The van der Waals surface area contributed by atoms with Crippen LogP contribution in [0.5, 0.6) is 0 Å². The summed E-state index contributed by atoms with van der Waals surface area (Å²) in [4.78, 5) is 18.6. The molecule has 0 amide bonds. The number of allylic oxidation sites excluding steroid dienone is 1. The number of nitrogens with zero attached hydrogens (tertiary/aromatic N) is 1. The summed E-state index contributed by atoms with van der Waals surface area (Å²) in [6, 6.07) is 4.76. The molecule has 1 aromatic carbocycles. The lowest BCUT2D eigenvalue weighted by molar-refractivity contribution is 0.104. The minimum atomic E-state index is -0.153. The van der Waals surface area contributed by atoms with Crippen LogP contribution in [-0.2, 0) is 0 Å². The number of aromatic nitrogens is 2. The number of rotatable bonds is 3. The fraction of sp³-hybridized carbons (Fsp3) is 0. The van der Waals surface area contributed by atoms with Gasteiger partial charge in [0.1, 0.15) is 5.82 Å². The highest BCUT2D eigenvalue weighted by atomic mass is 35.5. The maximum Gasteiger partial charge on any atom is 0.186 e. The van der Waals surface area contributed by atoms with E-state index in [1.54, 1.807) is 36.7 Å². The monoisotopic (exact) mass is 266 g/mol. The van der Waals surface area contributed by atoms with E-state index in [0.29, 0.717) is 21.4 Å². The van der Waals surface area contributed by atoms with Gasteiger partial charge in [0.05, 0.1) is 10.0 Å². The molecule has 1 N–H and O–H groups in total. The molecule has 0 aliphatic heterocycles. The van der Waals surface area contributed by atoms with Crippen molar-refractivity contribution in [2.75, 3.05) is 0 Å². The quantitative estimate of drug-likeness (QED) is 0.682. The van der Waals surface area contributed by atoms with Crippen molar-refractivity contribution in [2.24, 2.45) is 0 Å². The highest BCUT2D eigenvalue weighted by Gasteiger charge is 2.05. The minimum absolute atomic E-state index is 0.153. The largest absolute Gasteiger partial charge is 0.345 e. The van der Waals surface area contributed by atoms with Crippen LogP contribution in [0.2, 0.25) is 10.0 Å². The molecule has 86 valence electrons. The number of H-pyrrole nitrogens is 1. The number of imidazole rings is 1. The van der Waals surface area contributed by atoms with Crippen LogP contribution in [0.4, 0.5) is 0 Å². The number of hydrogen-bond acceptors (Lipinski definition) is 2. The lowest BCUT2D eigenvalue weighted by Gasteiger charge is -1.98. The van der Waals surface area contributed by atoms with Gasteiger partial charge in [0.25, 0.3) is 0 Å². The summed E-state index contributed by atoms with van der Waals surface area (Å²) in [5.41, 5.74) is 0.488. The minimum Gasteiger partial charge on any atom is -0.345 e. The Morgan fingerprint density at radius 2 is 2.12 bits per heavy atom. The molecule has 2 aromatic rings. The molecule has 0 bridgehead atoms. The van der Waals surface area contributed by atoms with Gasteiger partial charge in [-0.25, -0.2) is 4.98 Å². The molecule has 0 spiro atoms. The standard InChI is InChI=1S/C12H8Cl2N2O/c13-9-2-1-8(7-10(9)14)11(17)3-4-12-15-5-6-16-12/h1-7H,(H,15,16)/b4-3+. The Morgan fingerprint density at radius 1 is 1.29 bits per heavy atom. The molecular formula is C12H8Cl2N2O. The number of halogens is 2. The van der Waals surface area contributed by atoms with Gasteiger partial charge >= 0.3 is 0 Å². The molecule has 3 nitrogen and oxygen atoms in total. The number of benzene rings is 1. The molecule has 0 fully saturated rings. The van der Waals surface area contributed by atoms with Crippen molar-refractivity contribution in [3.05, 3.63) is 58.1 Å². The number of carbonyl (C=O) groups excluding carboxylic acids is 1. The van der Waals surface area contributed by atoms with Gasteiger partial charge in [-0.15, -0.1) is 0 Å². The second-order valence-electron chi connectivity index (χ2n) is 3.30. The number of aromatic amines is 1. The van der Waals surface area contributed by atoms with Gasteiger partial charge in [-0.3, -0.25) is 4.79 Å². The van der Waals surface area contributed by atoms with Crippen molar-refractivity contribution in [3.8, 4) is 0 Å². The Morgan fingerprint density at radius 3 is 2.76 bits per heavy atom. The summed E-state index contributed by atoms with van der Waals surface area (Å²) in [6.45, 7) is 0. The fourth-order valence-electron chi connectivity index (χ4n) is 1.27. The smallest absolute Gasteiger partial charge is 0.186 e. The van der Waals surface area contributed by atoms with E-state index < -0.39 is 0 Å². The molecule has 1 aromatic heterocycles. The van der Waals surface area contributed by atoms with Crippen LogP contribution in [-0.4, -0.2) is 15.8 Å². The van der Waals surface area contributed by atoms with Crippen molar-refractivity contribution in [1.82, 2.24) is 9.97 Å². The van der Waals surface area contributed by atoms with Crippen LogP contribution in [0.25, 0.3) is 6.08 Å². The molecule has 0 aliphatic carbocycles. The van der Waals surface area contributed by atoms with E-state index in [-0.39, 0.29) is 5.78 Å². The maximum atomic E-state index is 11.8. The highest BCUT2D eigenvalue weighted by Crippen LogP contribution is 2.22. The van der Waals surface area contributed by atoms with Gasteiger partial charge in [0, 0.05) is 18.0 Å². The number of nitrogens with one attached hydrogen (secondary N) is 1. The Bertz CT molecular complexity index is 562. The van der Waals surface area contributed by atoms with Crippen molar-refractivity contribution < 1.29 is 4.79 Å². The fourth-order valence-corrected chi connectivity index (χ4v) is 1.57. The van der Waals surface area contributed by atoms with Gasteiger partial charge in [0.2, 0.25) is 0 Å². The van der Waals surface area contributed by atoms with E-state index in [1.807, 2.05) is 0 Å². The predicted octanol–water partition coefficient (Wildman–Crippen LogP) is 3.61. The van der Waals surface area contributed by atoms with Crippen molar-refractivity contribution in [3.63, 3.8) is 0 Å². The van der Waals surface area contributed by atoms with Crippen LogP contribution in [0.15, 0.2) is 36.7 Å². The summed E-state index contributed by atoms with van der Waals surface area (Å²) in [5, 5.41) is 0.794. The summed E-state index contributed by atoms with van der Waals surface area (Å²) in [7, 11) is 0. The summed E-state index contributed by atoms with van der Waals surface area (Å²) in [5.74, 6) is 0.471. The summed E-state index contributed by atoms with van der Waals surface area (Å²) < 4.78 is 0. The van der Waals surface area contributed by atoms with Gasteiger partial charge in [-0.1, -0.05) is 23.2 Å². The van der Waals surface area contributed by atoms with Crippen LogP contribution in [0, 0.1) is 0 Å². The normalized spacial score (nSPS) is 10.9. The summed E-state index contributed by atoms with van der Waals surface area (Å²) >= 11 is 11.6. The van der Waals surface area contributed by atoms with Crippen molar-refractivity contribution in [1.29, 1.82) is 0 Å². The topological polar surface area (TPSA) is 45.8 Å². The van der Waals surface area contributed by atoms with E-state index in [0.717, 1.165) is 0 Å². The van der Waals surface area contributed by atoms with Gasteiger partial charge < -0.3 is 4.98 Å². The molecule has 2 rings (SSSR count). The lowest BCUT2D eigenvalue weighted by Crippen LogP contribution is -1.94. The lowest BCUT2D eigenvalue weighted by atomic mass is 10.1.